The van der Waals surface area contributed by atoms with E-state index in [-0.39, 0.29) is 0 Å². The van der Waals surface area contributed by atoms with E-state index in [1.165, 1.54) is 12.0 Å². The van der Waals surface area contributed by atoms with Crippen molar-refractivity contribution in [2.45, 2.75) is 12.3 Å². The molecule has 16 heavy (non-hydrogen) atoms. The monoisotopic (exact) mass is 213 g/mol. The Bertz CT molecular complexity index is 458. The molecule has 2 atom stereocenters. The summed E-state index contributed by atoms with van der Waals surface area (Å²) in [5, 5.41) is 0. The molecule has 1 aliphatic carbocycles. The van der Waals surface area contributed by atoms with Gasteiger partial charge in [0, 0.05) is 5.56 Å². The van der Waals surface area contributed by atoms with Crippen molar-refractivity contribution < 1.29 is 4.42 Å². The summed E-state index contributed by atoms with van der Waals surface area (Å²) >= 11 is 0. The van der Waals surface area contributed by atoms with Crippen molar-refractivity contribution in [2.75, 3.05) is 6.54 Å². The van der Waals surface area contributed by atoms with Gasteiger partial charge in [0.2, 0.25) is 0 Å². The molecule has 0 unspecified atom stereocenters. The van der Waals surface area contributed by atoms with Crippen LogP contribution >= 0.6 is 0 Å². The minimum Gasteiger partial charge on any atom is -0.464 e. The Morgan fingerprint density at radius 2 is 2.00 bits per heavy atom. The molecule has 2 heteroatoms. The second kappa shape index (κ2) is 3.80. The summed E-state index contributed by atoms with van der Waals surface area (Å²) in [6, 6.07) is 12.5. The van der Waals surface area contributed by atoms with E-state index in [9.17, 15) is 0 Å². The molecule has 2 nitrogen and oxygen atoms in total. The van der Waals surface area contributed by atoms with Crippen LogP contribution in [-0.2, 0) is 0 Å². The maximum atomic E-state index is 5.65. The van der Waals surface area contributed by atoms with Gasteiger partial charge in [-0.2, -0.15) is 0 Å². The van der Waals surface area contributed by atoms with Crippen LogP contribution in [0.3, 0.4) is 0 Å². The van der Waals surface area contributed by atoms with Crippen LogP contribution in [0.5, 0.6) is 0 Å². The highest BCUT2D eigenvalue weighted by Crippen LogP contribution is 2.46. The van der Waals surface area contributed by atoms with Crippen LogP contribution in [0, 0.1) is 5.92 Å². The van der Waals surface area contributed by atoms with Gasteiger partial charge in [-0.15, -0.1) is 0 Å². The lowest BCUT2D eigenvalue weighted by Gasteiger charge is -2.01. The van der Waals surface area contributed by atoms with Gasteiger partial charge in [0.15, 0.2) is 0 Å². The van der Waals surface area contributed by atoms with Crippen molar-refractivity contribution in [3.63, 3.8) is 0 Å². The summed E-state index contributed by atoms with van der Waals surface area (Å²) in [4.78, 5) is 0. The Balaban J connectivity index is 1.81. The largest absolute Gasteiger partial charge is 0.464 e. The van der Waals surface area contributed by atoms with Crippen LogP contribution in [0.1, 0.15) is 17.9 Å². The van der Waals surface area contributed by atoms with Crippen LogP contribution in [0.4, 0.5) is 0 Å². The highest BCUT2D eigenvalue weighted by atomic mass is 16.3. The number of hydrogen-bond acceptors (Lipinski definition) is 2. The molecule has 82 valence electrons. The Hall–Kier alpha value is -1.54. The van der Waals surface area contributed by atoms with E-state index >= 15 is 0 Å². The van der Waals surface area contributed by atoms with Gasteiger partial charge in [-0.1, -0.05) is 24.3 Å². The lowest BCUT2D eigenvalue weighted by Crippen LogP contribution is -2.01. The molecule has 0 amide bonds. The van der Waals surface area contributed by atoms with Crippen molar-refractivity contribution in [3.05, 3.63) is 48.2 Å². The number of hydrogen-bond donors (Lipinski definition) is 1. The Morgan fingerprint density at radius 1 is 1.19 bits per heavy atom. The zero-order chi connectivity index (χ0) is 11.0. The van der Waals surface area contributed by atoms with Crippen LogP contribution in [0.25, 0.3) is 11.3 Å². The van der Waals surface area contributed by atoms with E-state index < -0.39 is 0 Å². The average molecular weight is 213 g/mol. The molecule has 0 spiro atoms. The maximum absolute atomic E-state index is 5.65. The van der Waals surface area contributed by atoms with Gasteiger partial charge in [-0.3, -0.25) is 0 Å². The number of rotatable bonds is 3. The average Bonchev–Trinajstić information content (AvgIpc) is 2.93. The van der Waals surface area contributed by atoms with E-state index in [2.05, 4.69) is 24.3 Å². The lowest BCUT2D eigenvalue weighted by atomic mass is 10.1. The van der Waals surface area contributed by atoms with E-state index in [1.54, 1.807) is 6.26 Å². The molecule has 1 heterocycles. The predicted octanol–water partition coefficient (Wildman–Crippen LogP) is 3.01. The van der Waals surface area contributed by atoms with E-state index in [0.29, 0.717) is 11.8 Å². The van der Waals surface area contributed by atoms with Crippen LogP contribution in [-0.4, -0.2) is 6.54 Å². The van der Waals surface area contributed by atoms with Crippen LogP contribution < -0.4 is 5.73 Å². The van der Waals surface area contributed by atoms with E-state index in [0.717, 1.165) is 17.9 Å². The van der Waals surface area contributed by atoms with Gasteiger partial charge in [0.25, 0.3) is 0 Å². The fourth-order valence-electron chi connectivity index (χ4n) is 2.25. The summed E-state index contributed by atoms with van der Waals surface area (Å²) in [6.07, 6.45) is 2.95. The second-order valence-electron chi connectivity index (χ2n) is 4.44. The number of benzene rings is 1. The standard InChI is InChI=1S/C14H15NO/c15-9-12-8-13(12)10-3-5-11(6-4-10)14-2-1-7-16-14/h1-7,12-13H,8-9,15H2/t12-,13-/m1/s1. The van der Waals surface area contributed by atoms with Crippen molar-refractivity contribution in [1.82, 2.24) is 0 Å². The fourth-order valence-corrected chi connectivity index (χ4v) is 2.25. The first-order chi connectivity index (χ1) is 7.88. The minimum absolute atomic E-state index is 0.690. The summed E-state index contributed by atoms with van der Waals surface area (Å²) < 4.78 is 5.36. The minimum atomic E-state index is 0.690. The van der Waals surface area contributed by atoms with Gasteiger partial charge in [0.1, 0.15) is 5.76 Å². The molecule has 0 radical (unpaired) electrons. The normalized spacial score (nSPS) is 23.3. The van der Waals surface area contributed by atoms with E-state index in [1.807, 2.05) is 12.1 Å². The van der Waals surface area contributed by atoms with Gasteiger partial charge in [-0.25, -0.2) is 0 Å². The summed E-state index contributed by atoms with van der Waals surface area (Å²) in [7, 11) is 0. The maximum Gasteiger partial charge on any atom is 0.133 e. The number of furan rings is 1. The van der Waals surface area contributed by atoms with Crippen molar-refractivity contribution in [3.8, 4) is 11.3 Å². The molecular formula is C14H15NO. The molecular weight excluding hydrogens is 198 g/mol. The summed E-state index contributed by atoms with van der Waals surface area (Å²) in [5.74, 6) is 2.32. The van der Waals surface area contributed by atoms with Crippen LogP contribution in [0.2, 0.25) is 0 Å². The molecule has 2 aromatic rings. The molecule has 0 aliphatic heterocycles. The Kier molecular flexibility index (Phi) is 2.29. The van der Waals surface area contributed by atoms with Crippen molar-refractivity contribution >= 4 is 0 Å². The predicted molar refractivity (Wildman–Crippen MR) is 64.0 cm³/mol. The van der Waals surface area contributed by atoms with E-state index in [4.69, 9.17) is 10.2 Å². The lowest BCUT2D eigenvalue weighted by molar-refractivity contribution is 0.582. The first-order valence-electron chi connectivity index (χ1n) is 5.72. The molecule has 1 aliphatic rings. The third-order valence-corrected chi connectivity index (χ3v) is 3.37. The smallest absolute Gasteiger partial charge is 0.133 e. The topological polar surface area (TPSA) is 39.2 Å². The highest BCUT2D eigenvalue weighted by Gasteiger charge is 2.36. The van der Waals surface area contributed by atoms with Crippen LogP contribution in [0.15, 0.2) is 47.1 Å². The molecule has 0 saturated heterocycles. The molecule has 2 N–H and O–H groups in total. The molecule has 1 saturated carbocycles. The first-order valence-corrected chi connectivity index (χ1v) is 5.72. The van der Waals surface area contributed by atoms with Gasteiger partial charge in [0.05, 0.1) is 6.26 Å². The summed E-state index contributed by atoms with van der Waals surface area (Å²) in [5.41, 5.74) is 8.20. The molecule has 3 rings (SSSR count). The van der Waals surface area contributed by atoms with Gasteiger partial charge in [-0.05, 0) is 42.5 Å². The Morgan fingerprint density at radius 3 is 2.56 bits per heavy atom. The quantitative estimate of drug-likeness (QED) is 0.851. The molecule has 0 bridgehead atoms. The number of nitrogens with two attached hydrogens (primary N) is 1. The van der Waals surface area contributed by atoms with Crippen molar-refractivity contribution in [1.29, 1.82) is 0 Å². The Labute approximate surface area is 95.1 Å². The SMILES string of the molecule is NC[C@H]1C[C@@H]1c1ccc(-c2ccco2)cc1. The zero-order valence-corrected chi connectivity index (χ0v) is 9.10. The van der Waals surface area contributed by atoms with Gasteiger partial charge >= 0.3 is 0 Å². The fraction of sp³-hybridized carbons (Fsp3) is 0.286. The van der Waals surface area contributed by atoms with Crippen molar-refractivity contribution in [2.24, 2.45) is 11.7 Å². The molecule has 1 fully saturated rings. The van der Waals surface area contributed by atoms with Gasteiger partial charge < -0.3 is 10.2 Å². The third kappa shape index (κ3) is 1.65. The molecule has 1 aromatic heterocycles. The zero-order valence-electron chi connectivity index (χ0n) is 9.10. The summed E-state index contributed by atoms with van der Waals surface area (Å²) in [6.45, 7) is 0.810. The third-order valence-electron chi connectivity index (χ3n) is 3.37. The molecule has 1 aromatic carbocycles. The highest BCUT2D eigenvalue weighted by molar-refractivity contribution is 5.57. The first kappa shape index (κ1) is 9.67. The second-order valence-corrected chi connectivity index (χ2v) is 4.44.